The van der Waals surface area contributed by atoms with E-state index in [0.29, 0.717) is 18.5 Å². The van der Waals surface area contributed by atoms with Crippen LogP contribution in [0.15, 0.2) is 54.6 Å². The Morgan fingerprint density at radius 3 is 2.53 bits per heavy atom. The molecule has 0 saturated carbocycles. The average molecular weight is 409 g/mol. The lowest BCUT2D eigenvalue weighted by Crippen LogP contribution is -2.47. The molecule has 3 rings (SSSR count). The highest BCUT2D eigenvalue weighted by atomic mass is 16.5. The summed E-state index contributed by atoms with van der Waals surface area (Å²) in [6.07, 6.45) is 1.19. The maximum Gasteiger partial charge on any atom is 0.328 e. The van der Waals surface area contributed by atoms with E-state index in [1.54, 1.807) is 17.9 Å². The molecule has 3 amide bonds. The Kier molecular flexibility index (Phi) is 7.06. The molecule has 0 aromatic heterocycles. The molecule has 2 N–H and O–H groups in total. The van der Waals surface area contributed by atoms with Crippen molar-refractivity contribution in [2.75, 3.05) is 18.5 Å². The number of benzene rings is 2. The number of hydrogen-bond donors (Lipinski definition) is 2. The third kappa shape index (κ3) is 5.17. The van der Waals surface area contributed by atoms with Crippen LogP contribution in [0.2, 0.25) is 0 Å². The van der Waals surface area contributed by atoms with Crippen LogP contribution in [-0.4, -0.2) is 42.0 Å². The van der Waals surface area contributed by atoms with Gasteiger partial charge in [0.15, 0.2) is 0 Å². The summed E-state index contributed by atoms with van der Waals surface area (Å²) in [5.41, 5.74) is 2.62. The molecule has 7 heteroatoms. The van der Waals surface area contributed by atoms with Crippen molar-refractivity contribution in [3.05, 3.63) is 65.7 Å². The van der Waals surface area contributed by atoms with Crippen LogP contribution in [-0.2, 0) is 14.3 Å². The summed E-state index contributed by atoms with van der Waals surface area (Å²) < 4.78 is 5.17. The zero-order valence-electron chi connectivity index (χ0n) is 17.3. The van der Waals surface area contributed by atoms with Gasteiger partial charge in [-0.25, -0.2) is 9.59 Å². The Morgan fingerprint density at radius 1 is 1.07 bits per heavy atom. The molecule has 1 aliphatic rings. The van der Waals surface area contributed by atoms with Crippen molar-refractivity contribution >= 4 is 23.6 Å². The van der Waals surface area contributed by atoms with Gasteiger partial charge in [-0.05, 0) is 49.9 Å². The van der Waals surface area contributed by atoms with E-state index in [4.69, 9.17) is 4.74 Å². The summed E-state index contributed by atoms with van der Waals surface area (Å²) in [7, 11) is 0. The van der Waals surface area contributed by atoms with Crippen molar-refractivity contribution in [1.29, 1.82) is 0 Å². The van der Waals surface area contributed by atoms with Crippen LogP contribution in [0.3, 0.4) is 0 Å². The number of rotatable bonds is 6. The number of carbonyl (C=O) groups excluding carboxylic acids is 3. The monoisotopic (exact) mass is 409 g/mol. The lowest BCUT2D eigenvalue weighted by molar-refractivity contribution is -0.154. The van der Waals surface area contributed by atoms with E-state index >= 15 is 0 Å². The van der Waals surface area contributed by atoms with Crippen LogP contribution < -0.4 is 10.6 Å². The smallest absolute Gasteiger partial charge is 0.328 e. The molecule has 1 heterocycles. The number of urea groups is 1. The van der Waals surface area contributed by atoms with Crippen LogP contribution in [0.4, 0.5) is 10.5 Å². The van der Waals surface area contributed by atoms with Gasteiger partial charge in [0, 0.05) is 5.69 Å². The van der Waals surface area contributed by atoms with E-state index in [1.165, 1.54) is 0 Å². The molecule has 0 bridgehead atoms. The highest BCUT2D eigenvalue weighted by molar-refractivity contribution is 5.93. The summed E-state index contributed by atoms with van der Waals surface area (Å²) in [5.74, 6) is -0.729. The maximum atomic E-state index is 13.0. The van der Waals surface area contributed by atoms with Crippen molar-refractivity contribution < 1.29 is 19.1 Å². The second-order valence-electron chi connectivity index (χ2n) is 7.25. The van der Waals surface area contributed by atoms with Crippen LogP contribution in [0.1, 0.15) is 36.9 Å². The molecule has 2 aromatic rings. The fourth-order valence-corrected chi connectivity index (χ4v) is 3.78. The minimum Gasteiger partial charge on any atom is -0.464 e. The average Bonchev–Trinajstić information content (AvgIpc) is 3.18. The van der Waals surface area contributed by atoms with Gasteiger partial charge in [-0.2, -0.15) is 0 Å². The molecule has 0 spiro atoms. The molecule has 30 heavy (non-hydrogen) atoms. The molecule has 158 valence electrons. The van der Waals surface area contributed by atoms with Gasteiger partial charge >= 0.3 is 12.0 Å². The lowest BCUT2D eigenvalue weighted by Gasteiger charge is -2.29. The van der Waals surface area contributed by atoms with Crippen LogP contribution >= 0.6 is 0 Å². The number of anilines is 1. The normalized spacial score (nSPS) is 18.0. The predicted octanol–water partition coefficient (Wildman–Crippen LogP) is 3.41. The first-order valence-electron chi connectivity index (χ1n) is 10.1. The van der Waals surface area contributed by atoms with Crippen LogP contribution in [0, 0.1) is 6.92 Å². The number of aryl methyl sites for hydroxylation is 1. The van der Waals surface area contributed by atoms with E-state index < -0.39 is 18.0 Å². The molecule has 1 fully saturated rings. The maximum absolute atomic E-state index is 13.0. The Balaban J connectivity index is 1.68. The van der Waals surface area contributed by atoms with Gasteiger partial charge in [-0.1, -0.05) is 42.5 Å². The number of likely N-dealkylation sites (tertiary alicyclic amines) is 1. The predicted molar refractivity (Wildman–Crippen MR) is 114 cm³/mol. The van der Waals surface area contributed by atoms with Gasteiger partial charge in [-0.3, -0.25) is 4.79 Å². The van der Waals surface area contributed by atoms with E-state index in [2.05, 4.69) is 10.6 Å². The van der Waals surface area contributed by atoms with Crippen molar-refractivity contribution in [3.63, 3.8) is 0 Å². The van der Waals surface area contributed by atoms with Gasteiger partial charge in [-0.15, -0.1) is 0 Å². The number of amides is 3. The first kappa shape index (κ1) is 21.4. The molecule has 0 radical (unpaired) electrons. The zero-order chi connectivity index (χ0) is 21.5. The highest BCUT2D eigenvalue weighted by Crippen LogP contribution is 2.36. The first-order chi connectivity index (χ1) is 14.5. The summed E-state index contributed by atoms with van der Waals surface area (Å²) in [4.78, 5) is 39.3. The van der Waals surface area contributed by atoms with Crippen LogP contribution in [0.5, 0.6) is 0 Å². The van der Waals surface area contributed by atoms with E-state index in [-0.39, 0.29) is 25.1 Å². The topological polar surface area (TPSA) is 87.7 Å². The van der Waals surface area contributed by atoms with Crippen molar-refractivity contribution in [3.8, 4) is 0 Å². The molecule has 0 aliphatic carbocycles. The molecule has 1 aliphatic heterocycles. The SMILES string of the molecule is CCOC(=O)C1CCC(c2ccccc2)N1C(=O)CNC(=O)Nc1cccc(C)c1. The van der Waals surface area contributed by atoms with E-state index in [1.807, 2.05) is 55.5 Å². The molecular formula is C23H27N3O4. The Morgan fingerprint density at radius 2 is 1.83 bits per heavy atom. The Hall–Kier alpha value is -3.35. The van der Waals surface area contributed by atoms with E-state index in [0.717, 1.165) is 11.1 Å². The second-order valence-corrected chi connectivity index (χ2v) is 7.25. The molecule has 1 saturated heterocycles. The first-order valence-corrected chi connectivity index (χ1v) is 10.1. The van der Waals surface area contributed by atoms with Crippen molar-refractivity contribution in [1.82, 2.24) is 10.2 Å². The summed E-state index contributed by atoms with van der Waals surface area (Å²) in [6.45, 7) is 3.71. The lowest BCUT2D eigenvalue weighted by atomic mass is 10.0. The molecule has 2 atom stereocenters. The molecule has 7 nitrogen and oxygen atoms in total. The zero-order valence-corrected chi connectivity index (χ0v) is 17.3. The van der Waals surface area contributed by atoms with Gasteiger partial charge < -0.3 is 20.3 Å². The summed E-state index contributed by atoms with van der Waals surface area (Å²) in [5, 5.41) is 5.31. The molecular weight excluding hydrogens is 382 g/mol. The quantitative estimate of drug-likeness (QED) is 0.716. The number of nitrogens with zero attached hydrogens (tertiary/aromatic N) is 1. The Labute approximate surface area is 176 Å². The summed E-state index contributed by atoms with van der Waals surface area (Å²) >= 11 is 0. The summed E-state index contributed by atoms with van der Waals surface area (Å²) in [6, 6.07) is 15.6. The minimum absolute atomic E-state index is 0.211. The number of nitrogens with one attached hydrogen (secondary N) is 2. The fourth-order valence-electron chi connectivity index (χ4n) is 3.78. The Bertz CT molecular complexity index is 900. The van der Waals surface area contributed by atoms with E-state index in [9.17, 15) is 14.4 Å². The van der Waals surface area contributed by atoms with Gasteiger partial charge in [0.25, 0.3) is 0 Å². The number of esters is 1. The third-order valence-electron chi connectivity index (χ3n) is 5.09. The second kappa shape index (κ2) is 9.91. The largest absolute Gasteiger partial charge is 0.464 e. The van der Waals surface area contributed by atoms with Crippen LogP contribution in [0.25, 0.3) is 0 Å². The molecule has 2 aromatic carbocycles. The fraction of sp³-hybridized carbons (Fsp3) is 0.348. The standard InChI is InChI=1S/C23H27N3O4/c1-3-30-22(28)20-13-12-19(17-9-5-4-6-10-17)26(20)21(27)15-24-23(29)25-18-11-7-8-16(2)14-18/h4-11,14,19-20H,3,12-13,15H2,1-2H3,(H2,24,25,29). The molecule has 2 unspecified atom stereocenters. The van der Waals surface area contributed by atoms with Crippen molar-refractivity contribution in [2.45, 2.75) is 38.8 Å². The van der Waals surface area contributed by atoms with Gasteiger partial charge in [0.1, 0.15) is 6.04 Å². The number of hydrogen-bond acceptors (Lipinski definition) is 4. The minimum atomic E-state index is -0.649. The number of carbonyl (C=O) groups is 3. The van der Waals surface area contributed by atoms with Gasteiger partial charge in [0.05, 0.1) is 19.2 Å². The third-order valence-corrected chi connectivity index (χ3v) is 5.09. The highest BCUT2D eigenvalue weighted by Gasteiger charge is 2.42. The van der Waals surface area contributed by atoms with Gasteiger partial charge in [0.2, 0.25) is 5.91 Å². The van der Waals surface area contributed by atoms with Crippen molar-refractivity contribution in [2.24, 2.45) is 0 Å². The number of ether oxygens (including phenoxy) is 1.